The lowest BCUT2D eigenvalue weighted by atomic mass is 10.0. The van der Waals surface area contributed by atoms with Gasteiger partial charge in [0, 0.05) is 31.6 Å². The van der Waals surface area contributed by atoms with Crippen molar-refractivity contribution in [1.29, 1.82) is 0 Å². The standard InChI is InChI=1S/C21H28N2O3/c1-15-13-23(14-16(2)26-15)21(25)19-9-7-18(8-10-19)12-22-20(24)11-17-5-3-4-6-17/h3,5,7-10,15-17H,4,6,11-14H2,1-2H3,(H,22,24). The molecule has 3 rings (SSSR count). The van der Waals surface area contributed by atoms with E-state index in [0.717, 1.165) is 18.4 Å². The fraction of sp³-hybridized carbons (Fsp3) is 0.524. The van der Waals surface area contributed by atoms with Gasteiger partial charge in [-0.15, -0.1) is 0 Å². The van der Waals surface area contributed by atoms with E-state index in [9.17, 15) is 9.59 Å². The zero-order chi connectivity index (χ0) is 18.5. The van der Waals surface area contributed by atoms with Crippen molar-refractivity contribution in [3.8, 4) is 0 Å². The maximum atomic E-state index is 12.7. The molecule has 1 aliphatic carbocycles. The van der Waals surface area contributed by atoms with Gasteiger partial charge in [-0.1, -0.05) is 24.3 Å². The molecule has 1 aliphatic heterocycles. The molecule has 3 atom stereocenters. The third-order valence-corrected chi connectivity index (χ3v) is 4.96. The molecule has 0 bridgehead atoms. The topological polar surface area (TPSA) is 58.6 Å². The maximum Gasteiger partial charge on any atom is 0.254 e. The van der Waals surface area contributed by atoms with Crippen molar-refractivity contribution in [2.45, 2.75) is 51.9 Å². The highest BCUT2D eigenvalue weighted by molar-refractivity contribution is 5.94. The van der Waals surface area contributed by atoms with Gasteiger partial charge in [-0.3, -0.25) is 9.59 Å². The maximum absolute atomic E-state index is 12.7. The van der Waals surface area contributed by atoms with Gasteiger partial charge in [0.05, 0.1) is 12.2 Å². The zero-order valence-electron chi connectivity index (χ0n) is 15.6. The molecule has 1 aromatic carbocycles. The van der Waals surface area contributed by atoms with E-state index in [1.54, 1.807) is 0 Å². The Kier molecular flexibility index (Phi) is 6.09. The van der Waals surface area contributed by atoms with Gasteiger partial charge in [-0.2, -0.15) is 0 Å². The Balaban J connectivity index is 1.50. The number of carbonyl (C=O) groups is 2. The number of ether oxygens (including phenoxy) is 1. The number of carbonyl (C=O) groups excluding carboxylic acids is 2. The number of hydrogen-bond acceptors (Lipinski definition) is 3. The summed E-state index contributed by atoms with van der Waals surface area (Å²) in [6, 6.07) is 7.51. The summed E-state index contributed by atoms with van der Waals surface area (Å²) in [5.41, 5.74) is 1.68. The van der Waals surface area contributed by atoms with Crippen LogP contribution in [-0.2, 0) is 16.1 Å². The lowest BCUT2D eigenvalue weighted by Crippen LogP contribution is -2.48. The summed E-state index contributed by atoms with van der Waals surface area (Å²) >= 11 is 0. The Morgan fingerprint density at radius 1 is 1.15 bits per heavy atom. The molecular formula is C21H28N2O3. The monoisotopic (exact) mass is 356 g/mol. The highest BCUT2D eigenvalue weighted by Crippen LogP contribution is 2.20. The van der Waals surface area contributed by atoms with E-state index in [-0.39, 0.29) is 24.0 Å². The van der Waals surface area contributed by atoms with E-state index < -0.39 is 0 Å². The summed E-state index contributed by atoms with van der Waals surface area (Å²) in [4.78, 5) is 26.5. The Hall–Kier alpha value is -2.14. The van der Waals surface area contributed by atoms with Crippen molar-refractivity contribution in [3.05, 3.63) is 47.5 Å². The molecule has 0 radical (unpaired) electrons. The van der Waals surface area contributed by atoms with Crippen molar-refractivity contribution in [2.75, 3.05) is 13.1 Å². The predicted octanol–water partition coefficient (Wildman–Crippen LogP) is 2.91. The summed E-state index contributed by atoms with van der Waals surface area (Å²) < 4.78 is 5.69. The van der Waals surface area contributed by atoms with E-state index in [0.29, 0.717) is 37.5 Å². The van der Waals surface area contributed by atoms with E-state index in [4.69, 9.17) is 4.74 Å². The van der Waals surface area contributed by atoms with E-state index in [1.807, 2.05) is 43.0 Å². The molecule has 5 heteroatoms. The molecular weight excluding hydrogens is 328 g/mol. The third kappa shape index (κ3) is 4.94. The van der Waals surface area contributed by atoms with Crippen LogP contribution in [0.15, 0.2) is 36.4 Å². The highest BCUT2D eigenvalue weighted by atomic mass is 16.5. The average molecular weight is 356 g/mol. The van der Waals surface area contributed by atoms with Crippen LogP contribution in [0.1, 0.15) is 49.0 Å². The first kappa shape index (κ1) is 18.6. The Bertz CT molecular complexity index is 658. The number of nitrogens with one attached hydrogen (secondary N) is 1. The molecule has 1 saturated heterocycles. The normalized spacial score (nSPS) is 25.3. The molecule has 2 amide bonds. The summed E-state index contributed by atoms with van der Waals surface area (Å²) in [6.07, 6.45) is 7.10. The van der Waals surface area contributed by atoms with Crippen molar-refractivity contribution in [2.24, 2.45) is 5.92 Å². The Morgan fingerprint density at radius 2 is 1.85 bits per heavy atom. The first-order chi connectivity index (χ1) is 12.5. The van der Waals surface area contributed by atoms with Crippen molar-refractivity contribution in [3.63, 3.8) is 0 Å². The predicted molar refractivity (Wildman–Crippen MR) is 101 cm³/mol. The number of rotatable bonds is 5. The van der Waals surface area contributed by atoms with Crippen LogP contribution < -0.4 is 5.32 Å². The van der Waals surface area contributed by atoms with Crippen LogP contribution >= 0.6 is 0 Å². The van der Waals surface area contributed by atoms with E-state index in [1.165, 1.54) is 0 Å². The third-order valence-electron chi connectivity index (χ3n) is 4.96. The minimum absolute atomic E-state index is 0.0376. The lowest BCUT2D eigenvalue weighted by molar-refractivity contribution is -0.121. The fourth-order valence-corrected chi connectivity index (χ4v) is 3.67. The van der Waals surface area contributed by atoms with Gasteiger partial charge in [0.1, 0.15) is 0 Å². The molecule has 5 nitrogen and oxygen atoms in total. The zero-order valence-corrected chi connectivity index (χ0v) is 15.6. The SMILES string of the molecule is CC1CN(C(=O)c2ccc(CNC(=O)CC3C=CCC3)cc2)CC(C)O1. The second-order valence-corrected chi connectivity index (χ2v) is 7.41. The smallest absolute Gasteiger partial charge is 0.254 e. The van der Waals surface area contributed by atoms with E-state index >= 15 is 0 Å². The number of benzene rings is 1. The summed E-state index contributed by atoms with van der Waals surface area (Å²) in [5.74, 6) is 0.502. The molecule has 0 saturated carbocycles. The molecule has 26 heavy (non-hydrogen) atoms. The van der Waals surface area contributed by atoms with E-state index in [2.05, 4.69) is 17.5 Å². The summed E-state index contributed by atoms with van der Waals surface area (Å²) in [5, 5.41) is 2.96. The van der Waals surface area contributed by atoms with Gasteiger partial charge < -0.3 is 15.0 Å². The fourth-order valence-electron chi connectivity index (χ4n) is 3.67. The second kappa shape index (κ2) is 8.49. The quantitative estimate of drug-likeness (QED) is 0.825. The minimum atomic E-state index is 0.0376. The summed E-state index contributed by atoms with van der Waals surface area (Å²) in [6.45, 7) is 5.72. The Labute approximate surface area is 155 Å². The number of nitrogens with zero attached hydrogens (tertiary/aromatic N) is 1. The van der Waals surface area contributed by atoms with Crippen LogP contribution in [-0.4, -0.2) is 42.0 Å². The first-order valence-corrected chi connectivity index (χ1v) is 9.48. The van der Waals surface area contributed by atoms with Crippen LogP contribution in [0.25, 0.3) is 0 Å². The molecule has 1 N–H and O–H groups in total. The van der Waals surface area contributed by atoms with Gasteiger partial charge in [0.15, 0.2) is 0 Å². The number of hydrogen-bond donors (Lipinski definition) is 1. The van der Waals surface area contributed by atoms with Gasteiger partial charge in [0.25, 0.3) is 5.91 Å². The first-order valence-electron chi connectivity index (χ1n) is 9.48. The van der Waals surface area contributed by atoms with Crippen LogP contribution in [0.3, 0.4) is 0 Å². The molecule has 0 spiro atoms. The Morgan fingerprint density at radius 3 is 2.46 bits per heavy atom. The highest BCUT2D eigenvalue weighted by Gasteiger charge is 2.26. The minimum Gasteiger partial charge on any atom is -0.372 e. The molecule has 140 valence electrons. The molecule has 1 heterocycles. The van der Waals surface area contributed by atoms with Crippen LogP contribution in [0.2, 0.25) is 0 Å². The molecule has 1 fully saturated rings. The van der Waals surface area contributed by atoms with Gasteiger partial charge in [0.2, 0.25) is 5.91 Å². The molecule has 0 aromatic heterocycles. The van der Waals surface area contributed by atoms with Crippen LogP contribution in [0.5, 0.6) is 0 Å². The molecule has 3 unspecified atom stereocenters. The second-order valence-electron chi connectivity index (χ2n) is 7.41. The largest absolute Gasteiger partial charge is 0.372 e. The number of allylic oxidation sites excluding steroid dienone is 2. The summed E-state index contributed by atoms with van der Waals surface area (Å²) in [7, 11) is 0. The average Bonchev–Trinajstić information content (AvgIpc) is 3.12. The van der Waals surface area contributed by atoms with Crippen LogP contribution in [0, 0.1) is 5.92 Å². The van der Waals surface area contributed by atoms with Crippen molar-refractivity contribution in [1.82, 2.24) is 10.2 Å². The number of amides is 2. The van der Waals surface area contributed by atoms with Crippen molar-refractivity contribution >= 4 is 11.8 Å². The molecule has 2 aliphatic rings. The van der Waals surface area contributed by atoms with Gasteiger partial charge in [-0.25, -0.2) is 0 Å². The van der Waals surface area contributed by atoms with Crippen LogP contribution in [0.4, 0.5) is 0 Å². The number of morpholine rings is 1. The lowest BCUT2D eigenvalue weighted by Gasteiger charge is -2.35. The molecule has 1 aromatic rings. The van der Waals surface area contributed by atoms with Crippen molar-refractivity contribution < 1.29 is 14.3 Å². The van der Waals surface area contributed by atoms with Gasteiger partial charge in [-0.05, 0) is 50.3 Å². The van der Waals surface area contributed by atoms with Gasteiger partial charge >= 0.3 is 0 Å².